The van der Waals surface area contributed by atoms with Crippen LogP contribution >= 0.6 is 47.8 Å². The summed E-state index contributed by atoms with van der Waals surface area (Å²) in [5.41, 5.74) is 18.3. The van der Waals surface area contributed by atoms with E-state index in [9.17, 15) is 24.7 Å². The van der Waals surface area contributed by atoms with Gasteiger partial charge in [-0.15, -0.1) is 0 Å². The molecule has 0 amide bonds. The lowest BCUT2D eigenvalue weighted by molar-refractivity contribution is 0.155. The monoisotopic (exact) mass is 1950 g/mol. The van der Waals surface area contributed by atoms with E-state index in [1.807, 2.05) is 97.1 Å². The second-order valence-corrected chi connectivity index (χ2v) is 42.2. The zero-order chi connectivity index (χ0) is 91.4. The van der Waals surface area contributed by atoms with Gasteiger partial charge in [0.05, 0.1) is 8.95 Å². The van der Waals surface area contributed by atoms with E-state index in [0.717, 1.165) is 140 Å². The van der Waals surface area contributed by atoms with Crippen molar-refractivity contribution in [2.24, 2.45) is 53.3 Å². The standard InChI is InChI=1S/C37H45Br2FO.C37H47FO.C23H36BFO2.C21H19BrO/c1-3-5-6-7-24-8-10-26(11-9-24)27-12-14-28(15-13-27)29-16-19-33(36(40)23-29)30-17-18-32(25(4-2)20-30)31-21-34(38)37(41)35(39)22-31;1-3-5-6-7-26-8-10-28(11-9-26)29-12-14-30(15-13-29)32-18-23-36(37(38)25-32)33-19-22-35(27(4-2)24-33)31-16-20-34(39)21-17-31;1-2-3-4-5-17-6-8-18(9-7-17)19-10-12-20(13-11-19)21-14-15-22(24(26)27)23(25)16-21;1-2-17-14-19(22)10-13-21(17)18-8-11-20(12-9-18)23-15-16-6-4-3-5-7-16/h16-24,26-28,41H,3-15H2,1-2H3;16-26,28-30,39H,3-15H2,1-2H3;14-20,26-27H,2-13H2,1H3;3-14H,2,15H2,1H3. The molecule has 10 aromatic carbocycles. The first-order valence-corrected chi connectivity index (χ1v) is 53.2. The van der Waals surface area contributed by atoms with Gasteiger partial charge in [-0.05, 0) is 388 Å². The van der Waals surface area contributed by atoms with Crippen LogP contribution in [0, 0.1) is 70.7 Å². The summed E-state index contributed by atoms with van der Waals surface area (Å²) >= 11 is 10.4. The summed E-state index contributed by atoms with van der Waals surface area (Å²) in [5.74, 6) is 10.4. The molecule has 0 heterocycles. The summed E-state index contributed by atoms with van der Waals surface area (Å²) in [6, 6.07) is 65.6. The van der Waals surface area contributed by atoms with Gasteiger partial charge in [0.15, 0.2) is 0 Å². The van der Waals surface area contributed by atoms with Crippen molar-refractivity contribution in [1.29, 1.82) is 0 Å². The molecule has 4 N–H and O–H groups in total. The van der Waals surface area contributed by atoms with E-state index in [0.29, 0.717) is 44.4 Å². The molecular weight excluding hydrogens is 1800 g/mol. The van der Waals surface area contributed by atoms with Crippen molar-refractivity contribution in [2.45, 2.75) is 316 Å². The Morgan fingerprint density at radius 1 is 0.323 bits per heavy atom. The zero-order valence-corrected chi connectivity index (χ0v) is 83.6. The van der Waals surface area contributed by atoms with Gasteiger partial charge >= 0.3 is 7.12 Å². The maximum absolute atomic E-state index is 15.6. The molecule has 0 unspecified atom stereocenters. The Morgan fingerprint density at radius 2 is 0.662 bits per heavy atom. The Kier molecular flexibility index (Phi) is 39.3. The lowest BCUT2D eigenvalue weighted by atomic mass is 9.67. The molecule has 694 valence electrons. The van der Waals surface area contributed by atoms with E-state index in [1.165, 1.54) is 269 Å². The number of benzene rings is 10. The fourth-order valence-corrected chi connectivity index (χ4v) is 24.9. The molecule has 0 bridgehead atoms. The SMILES string of the molecule is CCCCCC1CCC(C2CCC(c3ccc(-c4ccc(-c5cc(Br)c(O)c(Br)c5)c(CC)c4)c(F)c3)CC2)CC1.CCCCCC1CCC(C2CCC(c3ccc(-c4ccc(-c5ccc(O)cc5)c(CC)c4)c(F)c3)CC2)CC1.CCCCCC1CCC(C2CCC(c3ccc(B(O)O)c(F)c3)CC2)CC1.CCc1cc(Br)ccc1-c1ccc(OCc2ccccc2)cc1. The number of aromatic hydroxyl groups is 2. The number of rotatable bonds is 30. The van der Waals surface area contributed by atoms with Crippen LogP contribution < -0.4 is 10.2 Å². The maximum Gasteiger partial charge on any atom is 0.491 e. The van der Waals surface area contributed by atoms with E-state index in [2.05, 4.69) is 168 Å². The largest absolute Gasteiger partial charge is 0.508 e. The highest BCUT2D eigenvalue weighted by Gasteiger charge is 2.36. The smallest absolute Gasteiger partial charge is 0.491 e. The van der Waals surface area contributed by atoms with E-state index < -0.39 is 12.9 Å². The van der Waals surface area contributed by atoms with E-state index in [1.54, 1.807) is 12.1 Å². The molecule has 0 radical (unpaired) electrons. The number of ether oxygens (including phenoxy) is 1. The number of phenolic OH excluding ortho intramolecular Hbond substituents is 2. The Bertz CT molecular complexity index is 5080. The van der Waals surface area contributed by atoms with Crippen molar-refractivity contribution in [3.63, 3.8) is 0 Å². The lowest BCUT2D eigenvalue weighted by Crippen LogP contribution is -2.33. The van der Waals surface area contributed by atoms with Crippen LogP contribution in [0.5, 0.6) is 17.2 Å². The molecule has 0 saturated heterocycles. The predicted octanol–water partition coefficient (Wildman–Crippen LogP) is 35.1. The first-order valence-electron chi connectivity index (χ1n) is 50.8. The van der Waals surface area contributed by atoms with Gasteiger partial charge in [-0.25, -0.2) is 13.2 Å². The molecule has 16 rings (SSSR count). The highest BCUT2D eigenvalue weighted by molar-refractivity contribution is 9.11. The third-order valence-corrected chi connectivity index (χ3v) is 33.0. The quantitative estimate of drug-likeness (QED) is 0.0266. The molecule has 0 aromatic heterocycles. The van der Waals surface area contributed by atoms with Crippen LogP contribution in [0.4, 0.5) is 13.2 Å². The van der Waals surface area contributed by atoms with Crippen molar-refractivity contribution in [2.75, 3.05) is 0 Å². The average molecular weight is 1950 g/mol. The van der Waals surface area contributed by atoms with Crippen LogP contribution in [0.1, 0.15) is 329 Å². The van der Waals surface area contributed by atoms with Gasteiger partial charge in [-0.2, -0.15) is 0 Å². The van der Waals surface area contributed by atoms with Crippen molar-refractivity contribution in [3.05, 3.63) is 270 Å². The fraction of sp³-hybridized carbons (Fsp3) is 0.492. The van der Waals surface area contributed by atoms with Crippen LogP contribution in [-0.2, 0) is 25.9 Å². The summed E-state index contributed by atoms with van der Waals surface area (Å²) < 4.78 is 53.4. The Hall–Kier alpha value is -7.19. The van der Waals surface area contributed by atoms with Crippen molar-refractivity contribution < 1.29 is 38.2 Å². The summed E-state index contributed by atoms with van der Waals surface area (Å²) in [7, 11) is -1.73. The minimum Gasteiger partial charge on any atom is -0.508 e. The first-order chi connectivity index (χ1) is 63.3. The maximum atomic E-state index is 15.6. The minimum atomic E-state index is -1.73. The molecule has 0 aliphatic heterocycles. The zero-order valence-electron chi connectivity index (χ0n) is 78.8. The van der Waals surface area contributed by atoms with Crippen LogP contribution in [0.25, 0.3) is 55.6 Å². The highest BCUT2D eigenvalue weighted by Crippen LogP contribution is 2.50. The Balaban J connectivity index is 0.000000151. The number of hydrogen-bond donors (Lipinski definition) is 4. The molecule has 6 fully saturated rings. The van der Waals surface area contributed by atoms with Crippen molar-refractivity contribution in [3.8, 4) is 72.9 Å². The Morgan fingerprint density at radius 3 is 1.03 bits per heavy atom. The summed E-state index contributed by atoms with van der Waals surface area (Å²) in [6.07, 6.45) is 51.7. The molecule has 12 heteroatoms. The topological polar surface area (TPSA) is 90.2 Å². The van der Waals surface area contributed by atoms with Gasteiger partial charge in [0.2, 0.25) is 0 Å². The average Bonchev–Trinajstić information content (AvgIpc) is 0.799. The summed E-state index contributed by atoms with van der Waals surface area (Å²) in [4.78, 5) is 0. The van der Waals surface area contributed by atoms with E-state index in [-0.39, 0.29) is 28.6 Å². The number of phenols is 2. The molecule has 6 aliphatic carbocycles. The predicted molar refractivity (Wildman–Crippen MR) is 551 cm³/mol. The summed E-state index contributed by atoms with van der Waals surface area (Å²) in [6.45, 7) is 13.9. The lowest BCUT2D eigenvalue weighted by Gasteiger charge is -2.38. The first kappa shape index (κ1) is 100. The fourth-order valence-electron chi connectivity index (χ4n) is 23.4. The third kappa shape index (κ3) is 28.0. The van der Waals surface area contributed by atoms with E-state index >= 15 is 8.78 Å². The van der Waals surface area contributed by atoms with Gasteiger partial charge in [-0.1, -0.05) is 307 Å². The molecule has 5 nitrogen and oxygen atoms in total. The number of unbranched alkanes of at least 4 members (excludes halogenated alkanes) is 6. The van der Waals surface area contributed by atoms with Gasteiger partial charge in [0.25, 0.3) is 0 Å². The number of hydrogen-bond acceptors (Lipinski definition) is 5. The van der Waals surface area contributed by atoms with Gasteiger partial charge in [-0.3, -0.25) is 0 Å². The van der Waals surface area contributed by atoms with Crippen LogP contribution in [0.15, 0.2) is 214 Å². The third-order valence-electron chi connectivity index (χ3n) is 31.3. The van der Waals surface area contributed by atoms with Gasteiger partial charge in [0.1, 0.15) is 41.3 Å². The summed E-state index contributed by atoms with van der Waals surface area (Å²) in [5, 5.41) is 38.1. The number of aryl methyl sites for hydroxylation is 3. The second kappa shape index (κ2) is 50.9. The molecular formula is C118H147BBr3F3O5. The number of halogens is 6. The van der Waals surface area contributed by atoms with Gasteiger partial charge in [0, 0.05) is 21.1 Å². The van der Waals surface area contributed by atoms with Crippen molar-refractivity contribution >= 4 is 60.4 Å². The second-order valence-electron chi connectivity index (χ2n) is 39.5. The molecule has 10 aromatic rings. The van der Waals surface area contributed by atoms with Crippen LogP contribution in [-0.4, -0.2) is 27.4 Å². The van der Waals surface area contributed by atoms with Crippen molar-refractivity contribution in [1.82, 2.24) is 0 Å². The molecule has 130 heavy (non-hydrogen) atoms. The molecule has 0 atom stereocenters. The molecule has 6 saturated carbocycles. The molecule has 0 spiro atoms. The molecule has 6 aliphatic rings. The highest BCUT2D eigenvalue weighted by atomic mass is 79.9. The van der Waals surface area contributed by atoms with E-state index in [4.69, 9.17) is 4.74 Å². The van der Waals surface area contributed by atoms with Gasteiger partial charge < -0.3 is 25.0 Å². The minimum absolute atomic E-state index is 0.0249. The Labute approximate surface area is 804 Å². The van der Waals surface area contributed by atoms with Crippen LogP contribution in [0.2, 0.25) is 0 Å². The van der Waals surface area contributed by atoms with Crippen LogP contribution in [0.3, 0.4) is 0 Å². The normalized spacial score (nSPS) is 22.2.